The summed E-state index contributed by atoms with van der Waals surface area (Å²) in [5.74, 6) is -0.132. The average Bonchev–Trinajstić information content (AvgIpc) is 2.48. The van der Waals surface area contributed by atoms with Crippen LogP contribution in [0.4, 0.5) is 5.69 Å². The van der Waals surface area contributed by atoms with Gasteiger partial charge in [0.25, 0.3) is 0 Å². The number of hydrogen-bond donors (Lipinski definition) is 0. The van der Waals surface area contributed by atoms with Crippen molar-refractivity contribution < 1.29 is 4.79 Å². The first kappa shape index (κ1) is 19.2. The van der Waals surface area contributed by atoms with Crippen molar-refractivity contribution in [3.05, 3.63) is 29.8 Å². The molecular weight excluding hydrogens is 260 g/mol. The minimum Gasteiger partial charge on any atom is -0.311 e. The lowest BCUT2D eigenvalue weighted by molar-refractivity contribution is -0.118. The van der Waals surface area contributed by atoms with Gasteiger partial charge in [-0.1, -0.05) is 52.3 Å². The van der Waals surface area contributed by atoms with E-state index >= 15 is 0 Å². The van der Waals surface area contributed by atoms with Gasteiger partial charge in [-0.05, 0) is 30.9 Å². The Morgan fingerprint density at radius 3 is 2.19 bits per heavy atom. The highest BCUT2D eigenvalue weighted by Gasteiger charge is 2.24. The second-order valence-corrected chi connectivity index (χ2v) is 5.67. The monoisotopic (exact) mass is 288 g/mol. The Labute approximate surface area is 129 Å². The van der Waals surface area contributed by atoms with Gasteiger partial charge >= 0.3 is 0 Å². The minimum absolute atomic E-state index is 0.0377. The Hall–Kier alpha value is -1.82. The number of anilines is 1. The predicted octanol–water partition coefficient (Wildman–Crippen LogP) is 4.70. The first-order valence-corrected chi connectivity index (χ1v) is 7.63. The molecule has 21 heavy (non-hydrogen) atoms. The fraction of sp³-hybridized carbons (Fsp3) is 0.556. The molecule has 0 radical (unpaired) electrons. The number of nitrogens with zero attached hydrogens (tertiary/aromatic N) is 2. The third-order valence-electron chi connectivity index (χ3n) is 3.42. The topological polar surface area (TPSA) is 44.1 Å². The summed E-state index contributed by atoms with van der Waals surface area (Å²) in [7, 11) is 0. The smallest absolute Gasteiger partial charge is 0.241 e. The number of nitriles is 1. The lowest BCUT2D eigenvalue weighted by Gasteiger charge is -2.31. The maximum atomic E-state index is 12.1. The summed E-state index contributed by atoms with van der Waals surface area (Å²) in [6.07, 6.45) is 0.906. The van der Waals surface area contributed by atoms with Crippen LogP contribution in [0.15, 0.2) is 24.3 Å². The zero-order valence-electron chi connectivity index (χ0n) is 14.2. The minimum atomic E-state index is -0.132. The molecule has 0 saturated heterocycles. The molecule has 0 N–H and O–H groups in total. The van der Waals surface area contributed by atoms with Gasteiger partial charge in [0.05, 0.1) is 6.07 Å². The Kier molecular flexibility index (Phi) is 8.38. The lowest BCUT2D eigenvalue weighted by Crippen LogP contribution is -2.38. The zero-order chi connectivity index (χ0) is 16.5. The normalized spacial score (nSPS) is 10.1. The summed E-state index contributed by atoms with van der Waals surface area (Å²) in [6.45, 7) is 13.0. The van der Waals surface area contributed by atoms with Crippen molar-refractivity contribution in [1.82, 2.24) is 0 Å². The van der Waals surface area contributed by atoms with Crippen LogP contribution in [0.5, 0.6) is 0 Å². The molecule has 3 nitrogen and oxygen atoms in total. The van der Waals surface area contributed by atoms with Gasteiger partial charge in [-0.3, -0.25) is 4.79 Å². The SMILES string of the molecule is CC.CCC(C)(C)CN(C(=O)CC#N)c1ccc(C)cc1. The van der Waals surface area contributed by atoms with Crippen molar-refractivity contribution in [1.29, 1.82) is 5.26 Å². The van der Waals surface area contributed by atoms with Gasteiger partial charge in [-0.25, -0.2) is 0 Å². The molecule has 1 rings (SSSR count). The Bertz CT molecular complexity index is 469. The fourth-order valence-electron chi connectivity index (χ4n) is 1.75. The first-order valence-electron chi connectivity index (χ1n) is 7.63. The van der Waals surface area contributed by atoms with Crippen LogP contribution in [0.1, 0.15) is 53.0 Å². The lowest BCUT2D eigenvalue weighted by atomic mass is 9.89. The van der Waals surface area contributed by atoms with Crippen molar-refractivity contribution in [3.63, 3.8) is 0 Å². The number of rotatable bonds is 5. The summed E-state index contributed by atoms with van der Waals surface area (Å²) in [5.41, 5.74) is 2.06. The van der Waals surface area contributed by atoms with Gasteiger partial charge in [-0.2, -0.15) is 5.26 Å². The van der Waals surface area contributed by atoms with Gasteiger partial charge in [0.2, 0.25) is 5.91 Å². The second kappa shape index (κ2) is 9.18. The van der Waals surface area contributed by atoms with Crippen LogP contribution >= 0.6 is 0 Å². The Morgan fingerprint density at radius 1 is 1.24 bits per heavy atom. The van der Waals surface area contributed by atoms with Crippen molar-refractivity contribution >= 4 is 11.6 Å². The van der Waals surface area contributed by atoms with Crippen LogP contribution in [0.25, 0.3) is 0 Å². The largest absolute Gasteiger partial charge is 0.311 e. The van der Waals surface area contributed by atoms with Crippen LogP contribution in [-0.2, 0) is 4.79 Å². The van der Waals surface area contributed by atoms with Gasteiger partial charge in [0, 0.05) is 12.2 Å². The molecule has 0 saturated carbocycles. The van der Waals surface area contributed by atoms with E-state index in [-0.39, 0.29) is 17.7 Å². The van der Waals surface area contributed by atoms with Gasteiger partial charge in [0.1, 0.15) is 6.42 Å². The summed E-state index contributed by atoms with van der Waals surface area (Å²) in [5, 5.41) is 8.73. The van der Waals surface area contributed by atoms with Crippen LogP contribution in [0.2, 0.25) is 0 Å². The standard InChI is InChI=1S/C16H22N2O.C2H6/c1-5-16(3,4)12-18(15(19)10-11-17)14-8-6-13(2)7-9-14;1-2/h6-9H,5,10,12H2,1-4H3;1-2H3. The molecule has 0 aliphatic carbocycles. The van der Waals surface area contributed by atoms with Crippen molar-refractivity contribution in [3.8, 4) is 6.07 Å². The van der Waals surface area contributed by atoms with Crippen molar-refractivity contribution in [2.24, 2.45) is 5.41 Å². The molecule has 116 valence electrons. The maximum Gasteiger partial charge on any atom is 0.241 e. The van der Waals surface area contributed by atoms with E-state index in [2.05, 4.69) is 20.8 Å². The summed E-state index contributed by atoms with van der Waals surface area (Å²) in [6, 6.07) is 9.80. The average molecular weight is 288 g/mol. The summed E-state index contributed by atoms with van der Waals surface area (Å²) < 4.78 is 0. The number of hydrogen-bond acceptors (Lipinski definition) is 2. The van der Waals surface area contributed by atoms with E-state index in [1.54, 1.807) is 4.90 Å². The molecule has 1 amide bonds. The zero-order valence-corrected chi connectivity index (χ0v) is 14.2. The van der Waals surface area contributed by atoms with E-state index in [4.69, 9.17) is 5.26 Å². The second-order valence-electron chi connectivity index (χ2n) is 5.67. The van der Waals surface area contributed by atoms with Crippen LogP contribution < -0.4 is 4.90 Å². The third kappa shape index (κ3) is 6.44. The number of benzene rings is 1. The molecule has 0 unspecified atom stereocenters. The van der Waals surface area contributed by atoms with E-state index in [1.807, 2.05) is 51.1 Å². The van der Waals surface area contributed by atoms with Gasteiger partial charge in [0.15, 0.2) is 0 Å². The number of carbonyl (C=O) groups excluding carboxylic acids is 1. The molecule has 0 atom stereocenters. The quantitative estimate of drug-likeness (QED) is 0.788. The molecule has 0 aromatic heterocycles. The van der Waals surface area contributed by atoms with E-state index < -0.39 is 0 Å². The highest BCUT2D eigenvalue weighted by molar-refractivity contribution is 5.94. The molecule has 0 fully saturated rings. The van der Waals surface area contributed by atoms with E-state index in [9.17, 15) is 4.79 Å². The van der Waals surface area contributed by atoms with E-state index in [0.29, 0.717) is 6.54 Å². The fourth-order valence-corrected chi connectivity index (χ4v) is 1.75. The molecule has 0 spiro atoms. The maximum absolute atomic E-state index is 12.1. The first-order chi connectivity index (χ1) is 9.89. The highest BCUT2D eigenvalue weighted by Crippen LogP contribution is 2.26. The Balaban J connectivity index is 0.00000191. The van der Waals surface area contributed by atoms with Gasteiger partial charge in [-0.15, -0.1) is 0 Å². The molecule has 1 aromatic carbocycles. The number of amides is 1. The predicted molar refractivity (Wildman–Crippen MR) is 89.2 cm³/mol. The van der Waals surface area contributed by atoms with E-state index in [1.165, 1.54) is 0 Å². The molecule has 0 bridgehead atoms. The van der Waals surface area contributed by atoms with Gasteiger partial charge < -0.3 is 4.90 Å². The number of aryl methyl sites for hydroxylation is 1. The third-order valence-corrected chi connectivity index (χ3v) is 3.42. The molecule has 0 aliphatic rings. The molecule has 0 heterocycles. The molecule has 0 aliphatic heterocycles. The highest BCUT2D eigenvalue weighted by atomic mass is 16.2. The molecule has 3 heteroatoms. The number of carbonyl (C=O) groups is 1. The Morgan fingerprint density at radius 2 is 1.76 bits per heavy atom. The van der Waals surface area contributed by atoms with Crippen LogP contribution in [0, 0.1) is 23.7 Å². The molecule has 1 aromatic rings. The summed E-state index contributed by atoms with van der Waals surface area (Å²) >= 11 is 0. The van der Waals surface area contributed by atoms with E-state index in [0.717, 1.165) is 17.7 Å². The van der Waals surface area contributed by atoms with Crippen molar-refractivity contribution in [2.45, 2.75) is 54.4 Å². The molecular formula is C18H28N2O. The summed E-state index contributed by atoms with van der Waals surface area (Å²) in [4.78, 5) is 13.9. The van der Waals surface area contributed by atoms with Crippen LogP contribution in [0.3, 0.4) is 0 Å². The van der Waals surface area contributed by atoms with Crippen LogP contribution in [-0.4, -0.2) is 12.5 Å². The van der Waals surface area contributed by atoms with Crippen molar-refractivity contribution in [2.75, 3.05) is 11.4 Å².